The normalized spacial score (nSPS) is 29.2. The maximum absolute atomic E-state index is 13.3. The number of anilines is 1. The lowest BCUT2D eigenvalue weighted by Gasteiger charge is -2.63. The maximum Gasteiger partial charge on any atom is 0.254 e. The fraction of sp³-hybridized carbons (Fsp3) is 0.636. The second-order valence-corrected chi connectivity index (χ2v) is 14.8. The van der Waals surface area contributed by atoms with Crippen LogP contribution in [-0.4, -0.2) is 76.4 Å². The lowest BCUT2D eigenvalue weighted by Crippen LogP contribution is -2.74. The van der Waals surface area contributed by atoms with Crippen molar-refractivity contribution < 1.29 is 14.6 Å². The molecule has 0 unspecified atom stereocenters. The number of nitrogens with one attached hydrogen (secondary N) is 1. The summed E-state index contributed by atoms with van der Waals surface area (Å²) in [5.41, 5.74) is 0.499. The summed E-state index contributed by atoms with van der Waals surface area (Å²) in [6, 6.07) is 7.66. The van der Waals surface area contributed by atoms with Crippen molar-refractivity contribution in [3.8, 4) is 11.8 Å². The number of nitrogens with zero attached hydrogens (tertiary/aromatic N) is 5. The Kier molecular flexibility index (Phi) is 7.85. The van der Waals surface area contributed by atoms with Gasteiger partial charge in [0.2, 0.25) is 5.95 Å². The Morgan fingerprint density at radius 1 is 1.07 bits per heavy atom. The topological polar surface area (TPSA) is 115 Å². The average molecular weight is 607 g/mol. The quantitative estimate of drug-likeness (QED) is 0.481. The SMILES string of the molecule is CC1(C)C(NC(=O)c2cnc(N3CC4(CCN(C5CCC(O)CC5)CC4)C3)nc2)C(C)(C)C1Oc1ccc(C#N)c(Cl)c1. The summed E-state index contributed by atoms with van der Waals surface area (Å²) in [6.07, 6.45) is 9.49. The van der Waals surface area contributed by atoms with Crippen LogP contribution in [0.5, 0.6) is 5.75 Å². The molecule has 9 nitrogen and oxygen atoms in total. The van der Waals surface area contributed by atoms with Gasteiger partial charge in [-0.3, -0.25) is 4.79 Å². The van der Waals surface area contributed by atoms with Gasteiger partial charge in [-0.1, -0.05) is 39.3 Å². The number of amides is 1. The van der Waals surface area contributed by atoms with Gasteiger partial charge in [0.25, 0.3) is 5.91 Å². The standard InChI is InChI=1S/C33H43ClN6O3/c1-31(2)28(32(3,4)29(31)43-25-10-5-21(16-35)26(34)15-25)38-27(42)22-17-36-30(37-18-22)40-19-33(20-40)11-13-39(14-12-33)23-6-8-24(41)9-7-23/h5,10,15,17-18,23-24,28-29,41H,6-9,11-14,19-20H2,1-4H3,(H,38,42). The number of aliphatic hydroxyl groups excluding tert-OH is 1. The average Bonchev–Trinajstić information content (AvgIpc) is 2.98. The highest BCUT2D eigenvalue weighted by molar-refractivity contribution is 6.31. The molecule has 10 heteroatoms. The fourth-order valence-electron chi connectivity index (χ4n) is 8.42. The van der Waals surface area contributed by atoms with Gasteiger partial charge in [0.05, 0.1) is 22.3 Å². The maximum atomic E-state index is 13.3. The van der Waals surface area contributed by atoms with Gasteiger partial charge in [0, 0.05) is 59.9 Å². The minimum Gasteiger partial charge on any atom is -0.489 e. The fourth-order valence-corrected chi connectivity index (χ4v) is 8.63. The summed E-state index contributed by atoms with van der Waals surface area (Å²) in [4.78, 5) is 27.3. The second kappa shape index (κ2) is 11.2. The predicted molar refractivity (Wildman–Crippen MR) is 165 cm³/mol. The number of carbonyl (C=O) groups is 1. The first-order chi connectivity index (χ1) is 20.4. The molecule has 1 aromatic heterocycles. The largest absolute Gasteiger partial charge is 0.489 e. The summed E-state index contributed by atoms with van der Waals surface area (Å²) < 4.78 is 6.34. The van der Waals surface area contributed by atoms with Gasteiger partial charge >= 0.3 is 0 Å². The van der Waals surface area contributed by atoms with Crippen molar-refractivity contribution in [3.05, 3.63) is 46.7 Å². The number of benzene rings is 1. The van der Waals surface area contributed by atoms with Gasteiger partial charge in [-0.05, 0) is 63.7 Å². The summed E-state index contributed by atoms with van der Waals surface area (Å²) >= 11 is 6.22. The van der Waals surface area contributed by atoms with Crippen molar-refractivity contribution in [1.82, 2.24) is 20.2 Å². The Labute approximate surface area is 259 Å². The van der Waals surface area contributed by atoms with E-state index < -0.39 is 0 Å². The predicted octanol–water partition coefficient (Wildman–Crippen LogP) is 4.82. The number of aliphatic hydroxyl groups is 1. The number of ether oxygens (including phenoxy) is 1. The van der Waals surface area contributed by atoms with Crippen molar-refractivity contribution in [2.75, 3.05) is 31.1 Å². The Balaban J connectivity index is 1.01. The minimum atomic E-state index is -0.347. The van der Waals surface area contributed by atoms with Crippen LogP contribution < -0.4 is 15.0 Å². The van der Waals surface area contributed by atoms with Crippen molar-refractivity contribution in [2.45, 2.75) is 90.5 Å². The van der Waals surface area contributed by atoms with Crippen molar-refractivity contribution in [3.63, 3.8) is 0 Å². The molecule has 0 bridgehead atoms. The van der Waals surface area contributed by atoms with Crippen molar-refractivity contribution in [1.29, 1.82) is 5.26 Å². The van der Waals surface area contributed by atoms with E-state index in [1.807, 2.05) is 0 Å². The Bertz CT molecular complexity index is 1370. The van der Waals surface area contributed by atoms with Crippen LogP contribution in [0, 0.1) is 27.6 Å². The molecule has 230 valence electrons. The van der Waals surface area contributed by atoms with Gasteiger partial charge in [0.1, 0.15) is 17.9 Å². The molecule has 2 N–H and O–H groups in total. The van der Waals surface area contributed by atoms with E-state index in [0.29, 0.717) is 39.3 Å². The van der Waals surface area contributed by atoms with Gasteiger partial charge in [0.15, 0.2) is 0 Å². The highest BCUT2D eigenvalue weighted by Crippen LogP contribution is 2.55. The molecule has 2 aliphatic carbocycles. The zero-order chi connectivity index (χ0) is 30.6. The summed E-state index contributed by atoms with van der Waals surface area (Å²) in [5, 5.41) is 22.6. The number of likely N-dealkylation sites (tertiary alicyclic amines) is 1. The molecule has 2 saturated carbocycles. The van der Waals surface area contributed by atoms with Crippen molar-refractivity contribution >= 4 is 23.5 Å². The second-order valence-electron chi connectivity index (χ2n) is 14.4. The molecule has 2 saturated heterocycles. The van der Waals surface area contributed by atoms with Crippen LogP contribution in [0.15, 0.2) is 30.6 Å². The van der Waals surface area contributed by atoms with E-state index in [1.165, 1.54) is 12.8 Å². The third kappa shape index (κ3) is 5.58. The summed E-state index contributed by atoms with van der Waals surface area (Å²) in [6.45, 7) is 12.5. The van der Waals surface area contributed by atoms with Crippen LogP contribution in [0.25, 0.3) is 0 Å². The van der Waals surface area contributed by atoms with Crippen LogP contribution in [0.3, 0.4) is 0 Å². The third-order valence-electron chi connectivity index (χ3n) is 10.7. The van der Waals surface area contributed by atoms with E-state index in [4.69, 9.17) is 21.6 Å². The van der Waals surface area contributed by atoms with Crippen LogP contribution in [0.2, 0.25) is 5.02 Å². The van der Waals surface area contributed by atoms with Crippen LogP contribution in [0.1, 0.15) is 82.1 Å². The number of nitriles is 1. The first-order valence-corrected chi connectivity index (χ1v) is 16.0. The summed E-state index contributed by atoms with van der Waals surface area (Å²) in [7, 11) is 0. The molecule has 43 heavy (non-hydrogen) atoms. The molecule has 2 aliphatic heterocycles. The lowest BCUT2D eigenvalue weighted by molar-refractivity contribution is -0.164. The van der Waals surface area contributed by atoms with E-state index in [1.54, 1.807) is 30.6 Å². The number of carbonyl (C=O) groups excluding carboxylic acids is 1. The number of piperidine rings is 1. The van der Waals surface area contributed by atoms with Gasteiger partial charge < -0.3 is 25.0 Å². The number of hydrogen-bond donors (Lipinski definition) is 2. The molecular weight excluding hydrogens is 564 g/mol. The number of aromatic nitrogens is 2. The molecule has 0 atom stereocenters. The van der Waals surface area contributed by atoms with E-state index in [9.17, 15) is 9.90 Å². The zero-order valence-electron chi connectivity index (χ0n) is 25.6. The molecule has 1 spiro atoms. The monoisotopic (exact) mass is 606 g/mol. The Hall–Kier alpha value is -2.93. The molecule has 4 aliphatic rings. The lowest BCUT2D eigenvalue weighted by atomic mass is 9.49. The van der Waals surface area contributed by atoms with Gasteiger partial charge in [-0.2, -0.15) is 5.26 Å². The minimum absolute atomic E-state index is 0.101. The molecule has 2 aromatic rings. The highest BCUT2D eigenvalue weighted by Gasteiger charge is 2.64. The highest BCUT2D eigenvalue weighted by atomic mass is 35.5. The first kappa shape index (κ1) is 30.1. The van der Waals surface area contributed by atoms with Gasteiger partial charge in [-0.25, -0.2) is 9.97 Å². The first-order valence-electron chi connectivity index (χ1n) is 15.6. The molecule has 0 radical (unpaired) electrons. The third-order valence-corrected chi connectivity index (χ3v) is 11.0. The Morgan fingerprint density at radius 2 is 1.70 bits per heavy atom. The molecular formula is C33H43ClN6O3. The molecule has 1 amide bonds. The molecule has 3 heterocycles. The number of rotatable bonds is 6. The molecule has 6 rings (SSSR count). The van der Waals surface area contributed by atoms with Crippen molar-refractivity contribution in [2.24, 2.45) is 16.2 Å². The van der Waals surface area contributed by atoms with E-state index in [-0.39, 0.29) is 35.0 Å². The number of halogens is 1. The van der Waals surface area contributed by atoms with Crippen LogP contribution in [-0.2, 0) is 0 Å². The molecule has 1 aromatic carbocycles. The number of hydrogen-bond acceptors (Lipinski definition) is 8. The van der Waals surface area contributed by atoms with E-state index in [0.717, 1.165) is 51.9 Å². The van der Waals surface area contributed by atoms with E-state index in [2.05, 4.69) is 58.8 Å². The summed E-state index contributed by atoms with van der Waals surface area (Å²) in [5.74, 6) is 1.09. The smallest absolute Gasteiger partial charge is 0.254 e. The Morgan fingerprint density at radius 3 is 2.28 bits per heavy atom. The van der Waals surface area contributed by atoms with E-state index >= 15 is 0 Å². The van der Waals surface area contributed by atoms with Crippen LogP contribution in [0.4, 0.5) is 5.95 Å². The molecule has 4 fully saturated rings. The van der Waals surface area contributed by atoms with Crippen LogP contribution >= 0.6 is 11.6 Å². The zero-order valence-corrected chi connectivity index (χ0v) is 26.4. The van der Waals surface area contributed by atoms with Gasteiger partial charge in [-0.15, -0.1) is 0 Å².